The van der Waals surface area contributed by atoms with Crippen LogP contribution in [0.2, 0.25) is 0 Å². The molecule has 1 aliphatic heterocycles. The van der Waals surface area contributed by atoms with Crippen molar-refractivity contribution in [2.24, 2.45) is 0 Å². The highest BCUT2D eigenvalue weighted by atomic mass is 16.2. The third-order valence-corrected chi connectivity index (χ3v) is 5.47. The fraction of sp³-hybridized carbons (Fsp3) is 0.435. The first-order valence-electron chi connectivity index (χ1n) is 10.4. The minimum absolute atomic E-state index is 0.0322. The number of carbonyl (C=O) groups is 3. The van der Waals surface area contributed by atoms with Crippen molar-refractivity contribution in [2.75, 3.05) is 24.3 Å². The van der Waals surface area contributed by atoms with E-state index in [-0.39, 0.29) is 29.8 Å². The van der Waals surface area contributed by atoms with Crippen LogP contribution in [0.1, 0.15) is 45.9 Å². The maximum Gasteiger partial charge on any atom is 0.332 e. The summed E-state index contributed by atoms with van der Waals surface area (Å²) in [6, 6.07) is 8.36. The van der Waals surface area contributed by atoms with Crippen molar-refractivity contribution < 1.29 is 14.4 Å². The summed E-state index contributed by atoms with van der Waals surface area (Å²) in [5.74, 6) is -0.173. The van der Waals surface area contributed by atoms with E-state index >= 15 is 0 Å². The quantitative estimate of drug-likeness (QED) is 0.735. The Balaban J connectivity index is 1.85. The van der Waals surface area contributed by atoms with Crippen LogP contribution in [0.15, 0.2) is 36.5 Å². The number of carbonyl (C=O) groups excluding carboxylic acids is 3. The molecule has 5 amide bonds. The Kier molecular flexibility index (Phi) is 5.95. The maximum atomic E-state index is 13.3. The van der Waals surface area contributed by atoms with Crippen LogP contribution in [-0.4, -0.2) is 57.4 Å². The van der Waals surface area contributed by atoms with Gasteiger partial charge in [-0.25, -0.2) is 24.5 Å². The molecule has 170 valence electrons. The molecule has 0 atom stereocenters. The predicted octanol–water partition coefficient (Wildman–Crippen LogP) is 3.62. The van der Waals surface area contributed by atoms with E-state index in [2.05, 4.69) is 36.1 Å². The van der Waals surface area contributed by atoms with E-state index in [9.17, 15) is 14.4 Å². The molecule has 1 fully saturated rings. The van der Waals surface area contributed by atoms with Gasteiger partial charge in [0.05, 0.1) is 17.9 Å². The highest BCUT2D eigenvalue weighted by Crippen LogP contribution is 2.34. The SMILES string of the molecule is CN(C)C(=O)Nc1nccc(CN2C(=O)N(c3ccc(C(C)(C)C)cc3)C(=O)C2(C)C)n1. The van der Waals surface area contributed by atoms with E-state index in [0.717, 1.165) is 5.56 Å². The van der Waals surface area contributed by atoms with Crippen LogP contribution in [-0.2, 0) is 16.8 Å². The Bertz CT molecular complexity index is 1040. The summed E-state index contributed by atoms with van der Waals surface area (Å²) >= 11 is 0. The van der Waals surface area contributed by atoms with Crippen molar-refractivity contribution in [2.45, 2.75) is 52.1 Å². The predicted molar refractivity (Wildman–Crippen MR) is 122 cm³/mol. The van der Waals surface area contributed by atoms with Crippen LogP contribution in [0.5, 0.6) is 0 Å². The van der Waals surface area contributed by atoms with E-state index in [4.69, 9.17) is 0 Å². The summed E-state index contributed by atoms with van der Waals surface area (Å²) in [6.45, 7) is 9.85. The van der Waals surface area contributed by atoms with Crippen molar-refractivity contribution in [1.29, 1.82) is 0 Å². The van der Waals surface area contributed by atoms with E-state index < -0.39 is 11.6 Å². The topological polar surface area (TPSA) is 98.7 Å². The Hall–Kier alpha value is -3.49. The molecule has 9 heteroatoms. The van der Waals surface area contributed by atoms with Crippen LogP contribution in [0.3, 0.4) is 0 Å². The molecule has 1 aromatic heterocycles. The minimum Gasteiger partial charge on any atom is -0.331 e. The number of hydrogen-bond acceptors (Lipinski definition) is 5. The Morgan fingerprint density at radius 1 is 1.09 bits per heavy atom. The lowest BCUT2D eigenvalue weighted by atomic mass is 9.87. The molecule has 0 radical (unpaired) electrons. The smallest absolute Gasteiger partial charge is 0.331 e. The second-order valence-electron chi connectivity index (χ2n) is 9.56. The largest absolute Gasteiger partial charge is 0.332 e. The summed E-state index contributed by atoms with van der Waals surface area (Å²) in [7, 11) is 3.22. The summed E-state index contributed by atoms with van der Waals surface area (Å²) in [5, 5.41) is 2.58. The molecule has 0 saturated carbocycles. The molecule has 2 aromatic rings. The molecule has 1 aliphatic rings. The van der Waals surface area contributed by atoms with Crippen molar-refractivity contribution in [3.8, 4) is 0 Å². The maximum absolute atomic E-state index is 13.3. The van der Waals surface area contributed by atoms with Crippen LogP contribution in [0.4, 0.5) is 21.2 Å². The number of anilines is 2. The number of nitrogens with zero attached hydrogens (tertiary/aromatic N) is 5. The number of urea groups is 2. The highest BCUT2D eigenvalue weighted by molar-refractivity contribution is 6.22. The number of imide groups is 1. The molecule has 9 nitrogen and oxygen atoms in total. The number of rotatable bonds is 4. The van der Waals surface area contributed by atoms with Gasteiger partial charge in [-0.1, -0.05) is 32.9 Å². The Morgan fingerprint density at radius 2 is 1.72 bits per heavy atom. The molecule has 0 spiro atoms. The number of nitrogens with one attached hydrogen (secondary N) is 1. The summed E-state index contributed by atoms with van der Waals surface area (Å²) in [4.78, 5) is 50.8. The fourth-order valence-corrected chi connectivity index (χ4v) is 3.35. The molecule has 2 heterocycles. The average molecular weight is 439 g/mol. The number of hydrogen-bond donors (Lipinski definition) is 1. The minimum atomic E-state index is -1.06. The number of benzene rings is 1. The van der Waals surface area contributed by atoms with Gasteiger partial charge in [0.1, 0.15) is 5.54 Å². The molecule has 0 unspecified atom stereocenters. The molecular weight excluding hydrogens is 408 g/mol. The van der Waals surface area contributed by atoms with Crippen molar-refractivity contribution in [3.05, 3.63) is 47.8 Å². The summed E-state index contributed by atoms with van der Waals surface area (Å²) in [6.07, 6.45) is 1.51. The van der Waals surface area contributed by atoms with Gasteiger partial charge in [0, 0.05) is 20.3 Å². The molecule has 3 rings (SSSR count). The van der Waals surface area contributed by atoms with Gasteiger partial charge >= 0.3 is 12.1 Å². The van der Waals surface area contributed by atoms with E-state index in [1.807, 2.05) is 12.1 Å². The molecule has 0 aliphatic carbocycles. The Labute approximate surface area is 188 Å². The highest BCUT2D eigenvalue weighted by Gasteiger charge is 2.51. The molecule has 0 bridgehead atoms. The lowest BCUT2D eigenvalue weighted by Gasteiger charge is -2.27. The third-order valence-electron chi connectivity index (χ3n) is 5.47. The number of aromatic nitrogens is 2. The van der Waals surface area contributed by atoms with Gasteiger partial charge < -0.3 is 9.80 Å². The van der Waals surface area contributed by atoms with Gasteiger partial charge in [0.15, 0.2) is 0 Å². The zero-order chi connectivity index (χ0) is 23.8. The monoisotopic (exact) mass is 438 g/mol. The van der Waals surface area contributed by atoms with Crippen LogP contribution in [0, 0.1) is 0 Å². The zero-order valence-corrected chi connectivity index (χ0v) is 19.6. The Morgan fingerprint density at radius 3 is 2.28 bits per heavy atom. The summed E-state index contributed by atoms with van der Waals surface area (Å²) in [5.41, 5.74) is 1.07. The van der Waals surface area contributed by atoms with E-state index in [0.29, 0.717) is 11.4 Å². The van der Waals surface area contributed by atoms with Gasteiger partial charge in [0.25, 0.3) is 5.91 Å². The van der Waals surface area contributed by atoms with E-state index in [1.54, 1.807) is 46.1 Å². The first-order chi connectivity index (χ1) is 14.8. The van der Waals surface area contributed by atoms with Crippen LogP contribution >= 0.6 is 0 Å². The molecule has 32 heavy (non-hydrogen) atoms. The average Bonchev–Trinajstić information content (AvgIpc) is 2.87. The molecule has 1 aromatic carbocycles. The lowest BCUT2D eigenvalue weighted by Crippen LogP contribution is -2.43. The number of amides is 5. The first-order valence-corrected chi connectivity index (χ1v) is 10.4. The van der Waals surface area contributed by atoms with Crippen molar-refractivity contribution in [3.63, 3.8) is 0 Å². The van der Waals surface area contributed by atoms with Gasteiger partial charge in [0.2, 0.25) is 5.95 Å². The van der Waals surface area contributed by atoms with Crippen molar-refractivity contribution >= 4 is 29.6 Å². The molecular formula is C23H30N6O3. The summed E-state index contributed by atoms with van der Waals surface area (Å²) < 4.78 is 0. The van der Waals surface area contributed by atoms with Crippen LogP contribution in [0.25, 0.3) is 0 Å². The first kappa shape index (κ1) is 23.2. The fourth-order valence-electron chi connectivity index (χ4n) is 3.35. The van der Waals surface area contributed by atoms with Gasteiger partial charge in [-0.05, 0) is 43.0 Å². The van der Waals surface area contributed by atoms with Crippen LogP contribution < -0.4 is 10.2 Å². The lowest BCUT2D eigenvalue weighted by molar-refractivity contribution is -0.123. The van der Waals surface area contributed by atoms with Gasteiger partial charge in [-0.2, -0.15) is 0 Å². The normalized spacial score (nSPS) is 15.8. The molecule has 1 N–H and O–H groups in total. The second-order valence-corrected chi connectivity index (χ2v) is 9.56. The van der Waals surface area contributed by atoms with E-state index in [1.165, 1.54) is 20.9 Å². The van der Waals surface area contributed by atoms with Gasteiger partial charge in [-0.15, -0.1) is 0 Å². The van der Waals surface area contributed by atoms with Gasteiger partial charge in [-0.3, -0.25) is 10.1 Å². The molecule has 1 saturated heterocycles. The standard InChI is InChI=1S/C23H30N6O3/c1-22(2,3)15-8-10-17(11-9-15)29-18(30)23(4,5)28(21(29)32)14-16-12-13-24-19(25-16)26-20(31)27(6)7/h8-13H,14H2,1-7H3,(H,24,25,26,31). The van der Waals surface area contributed by atoms with Crippen molar-refractivity contribution in [1.82, 2.24) is 19.8 Å². The second kappa shape index (κ2) is 8.22. The zero-order valence-electron chi connectivity index (χ0n) is 19.6. The third kappa shape index (κ3) is 4.42.